The molecule has 23 heavy (non-hydrogen) atoms. The van der Waals surface area contributed by atoms with Crippen LogP contribution in [0, 0.1) is 13.8 Å². The molecule has 0 aliphatic heterocycles. The number of aryl methyl sites for hydroxylation is 2. The molecule has 1 aromatic carbocycles. The second kappa shape index (κ2) is 6.86. The third-order valence-electron chi connectivity index (χ3n) is 4.12. The van der Waals surface area contributed by atoms with Gasteiger partial charge in [-0.15, -0.1) is 0 Å². The number of aliphatic carboxylic acids is 1. The molecule has 0 spiro atoms. The van der Waals surface area contributed by atoms with Crippen LogP contribution in [0.1, 0.15) is 37.0 Å². The van der Waals surface area contributed by atoms with Crippen LogP contribution in [0.5, 0.6) is 0 Å². The second-order valence-electron chi connectivity index (χ2n) is 6.19. The highest BCUT2D eigenvalue weighted by molar-refractivity contribution is 5.88. The van der Waals surface area contributed by atoms with Crippen LogP contribution in [0.4, 0.5) is 0 Å². The minimum atomic E-state index is -0.900. The number of carbonyl (C=O) groups is 2. The summed E-state index contributed by atoms with van der Waals surface area (Å²) in [4.78, 5) is 24.9. The average molecular weight is 317 g/mol. The Hall–Kier alpha value is -2.30. The Bertz CT molecular complexity index is 730. The molecule has 2 aromatic rings. The number of hydrogen-bond acceptors (Lipinski definition) is 3. The van der Waals surface area contributed by atoms with E-state index in [9.17, 15) is 9.59 Å². The molecular formula is C18H23NO4. The maximum absolute atomic E-state index is 12.6. The molecule has 1 amide bonds. The molecule has 5 heteroatoms. The molecule has 1 aromatic heterocycles. The zero-order valence-corrected chi connectivity index (χ0v) is 14.0. The monoisotopic (exact) mass is 317 g/mol. The van der Waals surface area contributed by atoms with Crippen LogP contribution < -0.4 is 0 Å². The van der Waals surface area contributed by atoms with Gasteiger partial charge in [0.25, 0.3) is 0 Å². The first-order chi connectivity index (χ1) is 10.8. The lowest BCUT2D eigenvalue weighted by Gasteiger charge is -2.26. The van der Waals surface area contributed by atoms with Crippen molar-refractivity contribution >= 4 is 22.8 Å². The van der Waals surface area contributed by atoms with Crippen molar-refractivity contribution in [3.05, 3.63) is 35.1 Å². The average Bonchev–Trinajstić information content (AvgIpc) is 2.81. The van der Waals surface area contributed by atoms with Crippen LogP contribution in [0.25, 0.3) is 11.0 Å². The summed E-state index contributed by atoms with van der Waals surface area (Å²) in [5.41, 5.74) is 3.92. The number of carboxylic acids is 1. The van der Waals surface area contributed by atoms with E-state index in [-0.39, 0.29) is 31.3 Å². The molecule has 5 nitrogen and oxygen atoms in total. The predicted octanol–water partition coefficient (Wildman–Crippen LogP) is 3.30. The Balaban J connectivity index is 2.21. The molecule has 1 N–H and O–H groups in total. The van der Waals surface area contributed by atoms with Crippen LogP contribution in [0.2, 0.25) is 0 Å². The van der Waals surface area contributed by atoms with E-state index in [1.54, 1.807) is 11.2 Å². The summed E-state index contributed by atoms with van der Waals surface area (Å²) in [6.45, 7) is 8.05. The Morgan fingerprint density at radius 2 is 1.87 bits per heavy atom. The number of amides is 1. The van der Waals surface area contributed by atoms with Crippen molar-refractivity contribution in [2.24, 2.45) is 0 Å². The van der Waals surface area contributed by atoms with Crippen molar-refractivity contribution in [1.29, 1.82) is 0 Å². The number of benzene rings is 1. The fraction of sp³-hybridized carbons (Fsp3) is 0.444. The van der Waals surface area contributed by atoms with Crippen molar-refractivity contribution in [3.8, 4) is 0 Å². The molecule has 0 bridgehead atoms. The van der Waals surface area contributed by atoms with E-state index >= 15 is 0 Å². The highest BCUT2D eigenvalue weighted by Crippen LogP contribution is 2.25. The summed E-state index contributed by atoms with van der Waals surface area (Å²) >= 11 is 0. The summed E-state index contributed by atoms with van der Waals surface area (Å²) < 4.78 is 5.56. The van der Waals surface area contributed by atoms with Crippen LogP contribution >= 0.6 is 0 Å². The van der Waals surface area contributed by atoms with Gasteiger partial charge in [0.05, 0.1) is 19.1 Å². The summed E-state index contributed by atoms with van der Waals surface area (Å²) in [6, 6.07) is 3.97. The molecule has 0 aliphatic carbocycles. The highest BCUT2D eigenvalue weighted by Gasteiger charge is 2.20. The van der Waals surface area contributed by atoms with Gasteiger partial charge in [-0.3, -0.25) is 9.59 Å². The van der Waals surface area contributed by atoms with Crippen molar-refractivity contribution in [2.45, 2.75) is 46.6 Å². The highest BCUT2D eigenvalue weighted by atomic mass is 16.4. The van der Waals surface area contributed by atoms with Gasteiger partial charge in [0.15, 0.2) is 0 Å². The molecule has 0 aliphatic rings. The van der Waals surface area contributed by atoms with Crippen LogP contribution in [0.15, 0.2) is 22.8 Å². The van der Waals surface area contributed by atoms with E-state index in [4.69, 9.17) is 9.52 Å². The van der Waals surface area contributed by atoms with Crippen LogP contribution in [-0.4, -0.2) is 34.5 Å². The molecule has 0 radical (unpaired) electrons. The van der Waals surface area contributed by atoms with Crippen molar-refractivity contribution in [1.82, 2.24) is 4.90 Å². The summed E-state index contributed by atoms with van der Waals surface area (Å²) in [5.74, 6) is -0.981. The lowest BCUT2D eigenvalue weighted by Crippen LogP contribution is -2.39. The second-order valence-corrected chi connectivity index (χ2v) is 6.19. The predicted molar refractivity (Wildman–Crippen MR) is 88.5 cm³/mol. The van der Waals surface area contributed by atoms with E-state index in [2.05, 4.69) is 0 Å². The maximum Gasteiger partial charge on any atom is 0.305 e. The lowest BCUT2D eigenvalue weighted by atomic mass is 10.0. The summed E-state index contributed by atoms with van der Waals surface area (Å²) in [5, 5.41) is 9.78. The molecule has 2 rings (SSSR count). The third-order valence-corrected chi connectivity index (χ3v) is 4.12. The summed E-state index contributed by atoms with van der Waals surface area (Å²) in [7, 11) is 0. The van der Waals surface area contributed by atoms with E-state index in [0.717, 1.165) is 27.7 Å². The van der Waals surface area contributed by atoms with Crippen molar-refractivity contribution in [3.63, 3.8) is 0 Å². The summed E-state index contributed by atoms with van der Waals surface area (Å²) in [6.07, 6.45) is 1.79. The van der Waals surface area contributed by atoms with Gasteiger partial charge >= 0.3 is 5.97 Å². The topological polar surface area (TPSA) is 70.8 Å². The van der Waals surface area contributed by atoms with Gasteiger partial charge < -0.3 is 14.4 Å². The molecule has 1 heterocycles. The number of carboxylic acid groups (broad SMARTS) is 1. The van der Waals surface area contributed by atoms with Crippen LogP contribution in [-0.2, 0) is 16.0 Å². The molecule has 124 valence electrons. The first-order valence-electron chi connectivity index (χ1n) is 7.78. The minimum absolute atomic E-state index is 0.0380. The van der Waals surface area contributed by atoms with Gasteiger partial charge in [0, 0.05) is 23.5 Å². The molecule has 0 saturated heterocycles. The van der Waals surface area contributed by atoms with E-state index in [0.29, 0.717) is 0 Å². The number of rotatable bonds is 6. The molecule has 0 atom stereocenters. The number of fused-ring (bicyclic) bond motifs is 1. The SMILES string of the molecule is Cc1cc2occ(CC(=O)N(CCC(=O)O)C(C)C)c2cc1C. The zero-order valence-electron chi connectivity index (χ0n) is 14.0. The number of carbonyl (C=O) groups excluding carboxylic acids is 1. The smallest absolute Gasteiger partial charge is 0.305 e. The fourth-order valence-electron chi connectivity index (χ4n) is 2.62. The number of nitrogens with zero attached hydrogens (tertiary/aromatic N) is 1. The van der Waals surface area contributed by atoms with Gasteiger partial charge in [-0.2, -0.15) is 0 Å². The molecule has 0 unspecified atom stereocenters. The largest absolute Gasteiger partial charge is 0.481 e. The Morgan fingerprint density at radius 3 is 2.48 bits per heavy atom. The Kier molecular flexibility index (Phi) is 5.08. The van der Waals surface area contributed by atoms with Gasteiger partial charge in [-0.05, 0) is 51.0 Å². The Morgan fingerprint density at radius 1 is 1.22 bits per heavy atom. The molecular weight excluding hydrogens is 294 g/mol. The fourth-order valence-corrected chi connectivity index (χ4v) is 2.62. The van der Waals surface area contributed by atoms with Gasteiger partial charge in [0.2, 0.25) is 5.91 Å². The Labute approximate surface area is 135 Å². The van der Waals surface area contributed by atoms with Crippen LogP contribution in [0.3, 0.4) is 0 Å². The quantitative estimate of drug-likeness (QED) is 0.887. The lowest BCUT2D eigenvalue weighted by molar-refractivity contribution is -0.139. The first-order valence-corrected chi connectivity index (χ1v) is 7.78. The van der Waals surface area contributed by atoms with Crippen molar-refractivity contribution in [2.75, 3.05) is 6.54 Å². The van der Waals surface area contributed by atoms with E-state index < -0.39 is 5.97 Å². The van der Waals surface area contributed by atoms with E-state index in [1.807, 2.05) is 39.8 Å². The standard InChI is InChI=1S/C18H23NO4/c1-11(2)19(6-5-18(21)22)17(20)9-14-10-23-16-8-13(4)12(3)7-15(14)16/h7-8,10-11H,5-6,9H2,1-4H3,(H,21,22). The molecule has 0 fully saturated rings. The van der Waals surface area contributed by atoms with Crippen molar-refractivity contribution < 1.29 is 19.1 Å². The number of hydrogen-bond donors (Lipinski definition) is 1. The molecule has 0 saturated carbocycles. The third kappa shape index (κ3) is 3.92. The number of furan rings is 1. The van der Waals surface area contributed by atoms with Gasteiger partial charge in [0.1, 0.15) is 5.58 Å². The normalized spacial score (nSPS) is 11.2. The maximum atomic E-state index is 12.6. The van der Waals surface area contributed by atoms with Gasteiger partial charge in [-0.25, -0.2) is 0 Å². The zero-order chi connectivity index (χ0) is 17.1. The van der Waals surface area contributed by atoms with Gasteiger partial charge in [-0.1, -0.05) is 0 Å². The minimum Gasteiger partial charge on any atom is -0.481 e. The first kappa shape index (κ1) is 17.1. The van der Waals surface area contributed by atoms with E-state index in [1.165, 1.54) is 0 Å².